The van der Waals surface area contributed by atoms with Gasteiger partial charge in [-0.3, -0.25) is 15.2 Å². The molecule has 0 aromatic heterocycles. The lowest BCUT2D eigenvalue weighted by Crippen LogP contribution is -2.43. The summed E-state index contributed by atoms with van der Waals surface area (Å²) in [5.74, 6) is 5.79. The first kappa shape index (κ1) is 15.7. The van der Waals surface area contributed by atoms with Crippen LogP contribution in [0.4, 0.5) is 0 Å². The molecule has 0 aromatic carbocycles. The van der Waals surface area contributed by atoms with Crippen molar-refractivity contribution in [1.29, 1.82) is 0 Å². The number of rotatable bonds is 8. The smallest absolute Gasteiger partial charge is 0.221 e. The van der Waals surface area contributed by atoms with Gasteiger partial charge in [0.05, 0.1) is 0 Å². The molecule has 0 saturated heterocycles. The molecule has 7 heteroatoms. The molecule has 100 valence electrons. The molecule has 17 heavy (non-hydrogen) atoms. The van der Waals surface area contributed by atoms with Gasteiger partial charge in [0, 0.05) is 39.8 Å². The van der Waals surface area contributed by atoms with Crippen LogP contribution >= 0.6 is 0 Å². The van der Waals surface area contributed by atoms with Crippen LogP contribution in [0, 0.1) is 0 Å². The second-order valence-electron chi connectivity index (χ2n) is 3.35. The summed E-state index contributed by atoms with van der Waals surface area (Å²) in [6.45, 7) is 4.32. The number of aliphatic imine (C=N–C) groups is 1. The summed E-state index contributed by atoms with van der Waals surface area (Å²) in [5, 5.41) is 5.66. The van der Waals surface area contributed by atoms with E-state index in [4.69, 9.17) is 10.6 Å². The van der Waals surface area contributed by atoms with Crippen LogP contribution in [0.3, 0.4) is 0 Å². The zero-order valence-electron chi connectivity index (χ0n) is 10.6. The zero-order valence-corrected chi connectivity index (χ0v) is 10.6. The van der Waals surface area contributed by atoms with Gasteiger partial charge in [0.25, 0.3) is 0 Å². The third-order valence-electron chi connectivity index (χ3n) is 1.93. The Morgan fingerprint density at radius 1 is 1.41 bits per heavy atom. The lowest BCUT2D eigenvalue weighted by atomic mass is 10.4. The molecule has 5 N–H and O–H groups in total. The van der Waals surface area contributed by atoms with Crippen molar-refractivity contribution < 1.29 is 9.53 Å². The van der Waals surface area contributed by atoms with Gasteiger partial charge in [0.2, 0.25) is 11.9 Å². The molecule has 0 unspecified atom stereocenters. The minimum Gasteiger partial charge on any atom is -0.385 e. The van der Waals surface area contributed by atoms with E-state index in [1.165, 1.54) is 0 Å². The highest BCUT2D eigenvalue weighted by Gasteiger charge is 2.00. The summed E-state index contributed by atoms with van der Waals surface area (Å²) in [7, 11) is 1.65. The molecule has 0 fully saturated rings. The second-order valence-corrected chi connectivity index (χ2v) is 3.35. The van der Waals surface area contributed by atoms with Crippen molar-refractivity contribution in [2.45, 2.75) is 19.8 Å². The molecule has 0 aromatic rings. The topological polar surface area (TPSA) is 101 Å². The lowest BCUT2D eigenvalue weighted by Gasteiger charge is -2.08. The molecule has 0 radical (unpaired) electrons. The number of ether oxygens (including phenoxy) is 1. The van der Waals surface area contributed by atoms with Gasteiger partial charge in [-0.1, -0.05) is 0 Å². The monoisotopic (exact) mass is 245 g/mol. The van der Waals surface area contributed by atoms with Gasteiger partial charge in [-0.05, 0) is 13.3 Å². The van der Waals surface area contributed by atoms with Crippen molar-refractivity contribution in [1.82, 2.24) is 16.1 Å². The number of carbonyl (C=O) groups is 1. The van der Waals surface area contributed by atoms with E-state index < -0.39 is 0 Å². The number of guanidine groups is 1. The Labute approximate surface area is 102 Å². The second kappa shape index (κ2) is 11.2. The van der Waals surface area contributed by atoms with Gasteiger partial charge in [0.1, 0.15) is 0 Å². The minimum atomic E-state index is 0.00996. The van der Waals surface area contributed by atoms with E-state index in [1.54, 1.807) is 7.11 Å². The Morgan fingerprint density at radius 3 is 2.76 bits per heavy atom. The third-order valence-corrected chi connectivity index (χ3v) is 1.93. The van der Waals surface area contributed by atoms with Crippen LogP contribution in [0.5, 0.6) is 0 Å². The number of nitrogens with one attached hydrogen (secondary N) is 3. The molecular formula is C10H23N5O2. The van der Waals surface area contributed by atoms with E-state index in [0.717, 1.165) is 6.42 Å². The molecule has 0 bridgehead atoms. The van der Waals surface area contributed by atoms with E-state index in [9.17, 15) is 4.79 Å². The fourth-order valence-corrected chi connectivity index (χ4v) is 1.13. The van der Waals surface area contributed by atoms with Gasteiger partial charge in [-0.2, -0.15) is 0 Å². The summed E-state index contributed by atoms with van der Waals surface area (Å²) in [4.78, 5) is 15.3. The maximum atomic E-state index is 11.2. The van der Waals surface area contributed by atoms with Crippen LogP contribution in [0.25, 0.3) is 0 Å². The van der Waals surface area contributed by atoms with E-state index in [0.29, 0.717) is 38.6 Å². The molecule has 0 atom stereocenters. The van der Waals surface area contributed by atoms with E-state index in [-0.39, 0.29) is 5.91 Å². The largest absolute Gasteiger partial charge is 0.385 e. The van der Waals surface area contributed by atoms with Crippen LogP contribution in [0.1, 0.15) is 19.8 Å². The molecule has 0 aliphatic heterocycles. The number of amides is 1. The number of methoxy groups -OCH3 is 1. The van der Waals surface area contributed by atoms with E-state index in [2.05, 4.69) is 21.1 Å². The van der Waals surface area contributed by atoms with Gasteiger partial charge in [-0.25, -0.2) is 5.84 Å². The summed E-state index contributed by atoms with van der Waals surface area (Å²) in [5.41, 5.74) is 2.45. The molecular weight excluding hydrogens is 222 g/mol. The van der Waals surface area contributed by atoms with Crippen molar-refractivity contribution in [3.63, 3.8) is 0 Å². The minimum absolute atomic E-state index is 0.00996. The Kier molecular flexibility index (Phi) is 10.3. The van der Waals surface area contributed by atoms with Crippen LogP contribution in [0.2, 0.25) is 0 Å². The Morgan fingerprint density at radius 2 is 2.18 bits per heavy atom. The van der Waals surface area contributed by atoms with Crippen molar-refractivity contribution in [2.75, 3.05) is 33.4 Å². The molecule has 1 amide bonds. The van der Waals surface area contributed by atoms with Crippen LogP contribution in [-0.2, 0) is 9.53 Å². The number of hydrogen-bond donors (Lipinski definition) is 4. The van der Waals surface area contributed by atoms with E-state index >= 15 is 0 Å². The first-order valence-electron chi connectivity index (χ1n) is 5.75. The van der Waals surface area contributed by atoms with Gasteiger partial charge >= 0.3 is 0 Å². The third kappa shape index (κ3) is 9.58. The highest BCUT2D eigenvalue weighted by molar-refractivity contribution is 5.80. The SMILES string of the molecule is CCNC(=O)CCNC(=NCCCOC)NN. The maximum Gasteiger partial charge on any atom is 0.221 e. The Bertz CT molecular complexity index is 233. The van der Waals surface area contributed by atoms with Crippen molar-refractivity contribution in [3.05, 3.63) is 0 Å². The maximum absolute atomic E-state index is 11.2. The predicted molar refractivity (Wildman–Crippen MR) is 67.4 cm³/mol. The number of carbonyl (C=O) groups excluding carboxylic acids is 1. The highest BCUT2D eigenvalue weighted by atomic mass is 16.5. The van der Waals surface area contributed by atoms with Gasteiger partial charge in [0.15, 0.2) is 0 Å². The van der Waals surface area contributed by atoms with Gasteiger partial charge < -0.3 is 15.4 Å². The van der Waals surface area contributed by atoms with Crippen LogP contribution < -0.4 is 21.9 Å². The summed E-state index contributed by atoms with van der Waals surface area (Å²) in [6.07, 6.45) is 1.23. The summed E-state index contributed by atoms with van der Waals surface area (Å²) >= 11 is 0. The summed E-state index contributed by atoms with van der Waals surface area (Å²) < 4.78 is 4.90. The molecule has 0 aliphatic rings. The van der Waals surface area contributed by atoms with Crippen molar-refractivity contribution >= 4 is 11.9 Å². The molecule has 7 nitrogen and oxygen atoms in total. The van der Waals surface area contributed by atoms with Gasteiger partial charge in [-0.15, -0.1) is 0 Å². The molecule has 0 aliphatic carbocycles. The van der Waals surface area contributed by atoms with Crippen molar-refractivity contribution in [3.8, 4) is 0 Å². The van der Waals surface area contributed by atoms with Crippen molar-refractivity contribution in [2.24, 2.45) is 10.8 Å². The molecule has 0 rings (SSSR count). The van der Waals surface area contributed by atoms with Crippen LogP contribution in [-0.4, -0.2) is 45.2 Å². The average molecular weight is 245 g/mol. The molecule has 0 spiro atoms. The number of hydrogen-bond acceptors (Lipinski definition) is 4. The Hall–Kier alpha value is -1.34. The number of nitrogens with two attached hydrogens (primary N) is 1. The fourth-order valence-electron chi connectivity index (χ4n) is 1.13. The Balaban J connectivity index is 3.69. The van der Waals surface area contributed by atoms with E-state index in [1.807, 2.05) is 6.92 Å². The predicted octanol–water partition coefficient (Wildman–Crippen LogP) is -1.04. The summed E-state index contributed by atoms with van der Waals surface area (Å²) in [6, 6.07) is 0. The lowest BCUT2D eigenvalue weighted by molar-refractivity contribution is -0.120. The average Bonchev–Trinajstić information content (AvgIpc) is 2.32. The standard InChI is InChI=1S/C10H23N5O2/c1-3-12-9(16)5-7-14-10(15-11)13-6-4-8-17-2/h3-8,11H2,1-2H3,(H,12,16)(H2,13,14,15). The van der Waals surface area contributed by atoms with Crippen LogP contribution in [0.15, 0.2) is 4.99 Å². The number of nitrogens with zero attached hydrogens (tertiary/aromatic N) is 1. The normalized spacial score (nSPS) is 11.1. The molecule has 0 heterocycles. The molecule has 0 saturated carbocycles. The quantitative estimate of drug-likeness (QED) is 0.144. The zero-order chi connectivity index (χ0) is 12.9. The first-order valence-corrected chi connectivity index (χ1v) is 5.75. The number of hydrazine groups is 1. The first-order chi connectivity index (χ1) is 8.24. The highest BCUT2D eigenvalue weighted by Crippen LogP contribution is 1.83. The fraction of sp³-hybridized carbons (Fsp3) is 0.800.